The van der Waals surface area contributed by atoms with Crippen LogP contribution < -0.4 is 35.5 Å². The van der Waals surface area contributed by atoms with Crippen LogP contribution in [-0.4, -0.2) is 133 Å². The predicted octanol–water partition coefficient (Wildman–Crippen LogP) is 2.32. The molecule has 4 amide bonds. The van der Waals surface area contributed by atoms with Gasteiger partial charge in [-0.25, -0.2) is 14.5 Å². The molecule has 0 bridgehead atoms. The number of piperidine rings is 1. The van der Waals surface area contributed by atoms with Gasteiger partial charge in [0.25, 0.3) is 11.8 Å². The van der Waals surface area contributed by atoms with E-state index in [0.717, 1.165) is 17.0 Å². The maximum Gasteiger partial charge on any atom is 0.416 e. The maximum atomic E-state index is 14.1. The Bertz CT molecular complexity index is 2570. The number of aromatic nitrogens is 1. The highest BCUT2D eigenvalue weighted by Crippen LogP contribution is 2.41. The van der Waals surface area contributed by atoms with Crippen molar-refractivity contribution in [2.75, 3.05) is 41.5 Å². The summed E-state index contributed by atoms with van der Waals surface area (Å²) in [5, 5.41) is 69.3. The van der Waals surface area contributed by atoms with Crippen LogP contribution in [0.2, 0.25) is 0 Å². The Morgan fingerprint density at radius 2 is 1.68 bits per heavy atom. The average Bonchev–Trinajstić information content (AvgIpc) is 3.65. The van der Waals surface area contributed by atoms with Gasteiger partial charge in [0.15, 0.2) is 29.6 Å². The van der Waals surface area contributed by atoms with Crippen molar-refractivity contribution in [3.63, 3.8) is 0 Å². The number of hydrogen-bond acceptors (Lipinski definition) is 17. The third kappa shape index (κ3) is 10.4. The Hall–Kier alpha value is -7.51. The van der Waals surface area contributed by atoms with Gasteiger partial charge in [-0.1, -0.05) is 6.07 Å². The number of carboxylic acid groups (broad SMARTS) is 1. The van der Waals surface area contributed by atoms with Gasteiger partial charge >= 0.3 is 17.7 Å². The highest BCUT2D eigenvalue weighted by Gasteiger charge is 2.49. The number of carboxylic acids is 1. The number of nitrogen functional groups attached to an aromatic ring is 1. The van der Waals surface area contributed by atoms with Gasteiger partial charge in [-0.2, -0.15) is 0 Å². The van der Waals surface area contributed by atoms with E-state index in [4.69, 9.17) is 29.4 Å². The number of nitrogens with zero attached hydrogens (tertiary/aromatic N) is 4. The number of nitro benzene ring substituents is 1. The summed E-state index contributed by atoms with van der Waals surface area (Å²) >= 11 is 0. The minimum atomic E-state index is -2.04. The molecule has 0 radical (unpaired) electrons. The van der Waals surface area contributed by atoms with E-state index >= 15 is 0 Å². The van der Waals surface area contributed by atoms with Crippen molar-refractivity contribution < 1.29 is 78.1 Å². The van der Waals surface area contributed by atoms with Gasteiger partial charge in [0.2, 0.25) is 12.2 Å². The van der Waals surface area contributed by atoms with Crippen molar-refractivity contribution in [1.82, 2.24) is 9.47 Å². The number of aliphatic hydroxyl groups excluding tert-OH is 4. The first kappa shape index (κ1) is 48.4. The number of amides is 4. The van der Waals surface area contributed by atoms with Crippen molar-refractivity contribution >= 4 is 58.2 Å². The first-order chi connectivity index (χ1) is 32.4. The standard InChI is InChI=1S/C44H49N7O17/c1-48-20-25(17-30(48)39(56)47-24-11-9-23(45)10-12-24)46-34(52)7-5-15-65-33-19-28-26(18-32(33)64-2)40(57)49-14-4-3-6-27(49)41(58)50(28)44(61)66-21-22-8-13-31(29(16-22)51(62)63)67-43-37(55)35(53)36(54)38(68-43)42(59)60/h8-13,16-20,27,35-38,41,43,53-55,58H,3-7,14-15,21,45H2,1-2H3,(H,46,52)(H,47,56)(H,59,60)/t27-,35-,36-,37+,38-,41?,43+/m0/s1. The minimum absolute atomic E-state index is 0.0125. The van der Waals surface area contributed by atoms with E-state index < -0.39 is 89.8 Å². The zero-order chi connectivity index (χ0) is 49.0. The summed E-state index contributed by atoms with van der Waals surface area (Å²) in [5.74, 6) is -3.33. The van der Waals surface area contributed by atoms with E-state index in [2.05, 4.69) is 10.6 Å². The van der Waals surface area contributed by atoms with Crippen molar-refractivity contribution in [2.24, 2.45) is 7.05 Å². The Labute approximate surface area is 386 Å². The van der Waals surface area contributed by atoms with Crippen LogP contribution >= 0.6 is 0 Å². The molecule has 3 aliphatic rings. The molecule has 24 nitrogen and oxygen atoms in total. The summed E-state index contributed by atoms with van der Waals surface area (Å²) < 4.78 is 29.2. The number of carbonyl (C=O) groups is 5. The van der Waals surface area contributed by atoms with Crippen LogP contribution in [0.4, 0.5) is 33.2 Å². The van der Waals surface area contributed by atoms with Crippen molar-refractivity contribution in [3.8, 4) is 17.2 Å². The number of rotatable bonds is 15. The number of nitrogens with two attached hydrogens (primary N) is 1. The summed E-state index contributed by atoms with van der Waals surface area (Å²) in [4.78, 5) is 79.1. The topological polar surface area (TPSA) is 337 Å². The lowest BCUT2D eigenvalue weighted by molar-refractivity contribution is -0.387. The average molecular weight is 948 g/mol. The molecule has 3 aliphatic heterocycles. The molecule has 1 aromatic heterocycles. The number of hydrogen-bond donors (Lipinski definition) is 8. The van der Waals surface area contributed by atoms with Gasteiger partial charge in [-0.05, 0) is 73.7 Å². The second-order valence-electron chi connectivity index (χ2n) is 16.1. The van der Waals surface area contributed by atoms with E-state index in [1.165, 1.54) is 36.3 Å². The fourth-order valence-electron chi connectivity index (χ4n) is 8.03. The number of aliphatic hydroxyl groups is 4. The zero-order valence-electron chi connectivity index (χ0n) is 36.6. The van der Waals surface area contributed by atoms with Gasteiger partial charge in [0.05, 0.1) is 41.6 Å². The van der Waals surface area contributed by atoms with Gasteiger partial charge in [0, 0.05) is 49.7 Å². The lowest BCUT2D eigenvalue weighted by Gasteiger charge is -2.38. The van der Waals surface area contributed by atoms with Crippen molar-refractivity contribution in [3.05, 3.63) is 93.8 Å². The van der Waals surface area contributed by atoms with Crippen LogP contribution in [-0.2, 0) is 32.7 Å². The Kier molecular flexibility index (Phi) is 14.6. The summed E-state index contributed by atoms with van der Waals surface area (Å²) in [6.45, 7) is -0.377. The lowest BCUT2D eigenvalue weighted by atomic mass is 9.99. The highest BCUT2D eigenvalue weighted by atomic mass is 16.7. The highest BCUT2D eigenvalue weighted by molar-refractivity contribution is 6.06. The first-order valence-corrected chi connectivity index (χ1v) is 21.2. The molecule has 24 heteroatoms. The summed E-state index contributed by atoms with van der Waals surface area (Å²) in [6, 6.07) is 13.3. The van der Waals surface area contributed by atoms with Gasteiger partial charge < -0.3 is 75.1 Å². The minimum Gasteiger partial charge on any atom is -0.493 e. The molecule has 2 fully saturated rings. The third-order valence-electron chi connectivity index (χ3n) is 11.5. The Morgan fingerprint density at radius 3 is 2.38 bits per heavy atom. The normalized spacial score (nSPS) is 22.2. The Balaban J connectivity index is 1.04. The molecule has 0 aliphatic carbocycles. The molecule has 1 unspecified atom stereocenters. The van der Waals surface area contributed by atoms with Gasteiger partial charge in [-0.3, -0.25) is 24.5 Å². The summed E-state index contributed by atoms with van der Waals surface area (Å²) in [5.41, 5.74) is 6.66. The predicted molar refractivity (Wildman–Crippen MR) is 236 cm³/mol. The zero-order valence-corrected chi connectivity index (χ0v) is 36.6. The summed E-state index contributed by atoms with van der Waals surface area (Å²) in [6.07, 6.45) is -9.46. The van der Waals surface area contributed by atoms with Crippen LogP contribution in [0.15, 0.2) is 66.9 Å². The van der Waals surface area contributed by atoms with E-state index in [1.807, 2.05) is 0 Å². The van der Waals surface area contributed by atoms with E-state index in [1.54, 1.807) is 42.1 Å². The first-order valence-electron chi connectivity index (χ1n) is 21.2. The van der Waals surface area contributed by atoms with Gasteiger partial charge in [-0.15, -0.1) is 0 Å². The van der Waals surface area contributed by atoms with Crippen molar-refractivity contribution in [1.29, 1.82) is 0 Å². The number of ether oxygens (including phenoxy) is 5. The molecule has 0 spiro atoms. The smallest absolute Gasteiger partial charge is 0.416 e. The number of fused-ring (bicyclic) bond motifs is 2. The number of aryl methyl sites for hydroxylation is 1. The summed E-state index contributed by atoms with van der Waals surface area (Å²) in [7, 11) is 3.00. The number of methoxy groups -OCH3 is 1. The van der Waals surface area contributed by atoms with Crippen LogP contribution in [0.1, 0.15) is 58.5 Å². The SMILES string of the molecule is COc1cc2c(cc1OCCCC(=O)Nc1cc(C(=O)Nc3ccc(N)cc3)n(C)c1)N(C(=O)OCc1ccc(O[C@@H]3O[C@H](C(=O)O)[C@@H](O)[C@H](O)[C@H]3O)c([N+](=O)[O-])c1)C(O)[C@@H]1CCCCN1C2=O. The molecule has 68 heavy (non-hydrogen) atoms. The van der Waals surface area contributed by atoms with Crippen molar-refractivity contribution in [2.45, 2.75) is 81.7 Å². The molecule has 7 atom stereocenters. The molecule has 7 rings (SSSR count). The van der Waals surface area contributed by atoms with Gasteiger partial charge in [0.1, 0.15) is 30.6 Å². The molecule has 3 aromatic carbocycles. The van der Waals surface area contributed by atoms with Crippen LogP contribution in [0, 0.1) is 10.1 Å². The maximum absolute atomic E-state index is 14.1. The van der Waals surface area contributed by atoms with Crippen LogP contribution in [0.5, 0.6) is 17.2 Å². The number of carbonyl (C=O) groups excluding carboxylic acids is 4. The monoisotopic (exact) mass is 947 g/mol. The number of aliphatic carboxylic acids is 1. The van der Waals surface area contributed by atoms with E-state index in [0.29, 0.717) is 36.3 Å². The quantitative estimate of drug-likeness (QED) is 0.0367. The molecule has 0 saturated carbocycles. The fourth-order valence-corrected chi connectivity index (χ4v) is 8.03. The Morgan fingerprint density at radius 1 is 0.926 bits per heavy atom. The lowest BCUT2D eigenvalue weighted by Crippen LogP contribution is -2.61. The van der Waals surface area contributed by atoms with Crippen LogP contribution in [0.25, 0.3) is 0 Å². The largest absolute Gasteiger partial charge is 0.493 e. The number of nitro groups is 1. The molecule has 9 N–H and O–H groups in total. The number of anilines is 4. The number of nitrogens with one attached hydrogen (secondary N) is 2. The third-order valence-corrected chi connectivity index (χ3v) is 11.5. The molecule has 362 valence electrons. The second-order valence-corrected chi connectivity index (χ2v) is 16.1. The second kappa shape index (κ2) is 20.6. The number of benzene rings is 3. The van der Waals surface area contributed by atoms with Crippen LogP contribution in [0.3, 0.4) is 0 Å². The fraction of sp³-hybridized carbons (Fsp3) is 0.386. The van der Waals surface area contributed by atoms with E-state index in [-0.39, 0.29) is 65.9 Å². The molecular weight excluding hydrogens is 899 g/mol. The molecule has 4 heterocycles. The molecular formula is C44H49N7O17. The molecule has 4 aromatic rings. The molecule has 2 saturated heterocycles. The van der Waals surface area contributed by atoms with E-state index in [9.17, 15) is 59.6 Å².